The maximum Gasteiger partial charge on any atom is 0.407 e. The number of nitrogens with zero attached hydrogens (tertiary/aromatic N) is 2. The van der Waals surface area contributed by atoms with Gasteiger partial charge in [-0.15, -0.1) is 30.6 Å². The SMILES string of the molecule is C=C(C[C@H](NC(=O)OCC(C)C)C(=O)NCc1nc2c(F)cccc2[nH]1)N1CCCCC1.C=CC.CC.CC.I.[HH].[HH]. The molecule has 1 atom stereocenters. The number of carbonyl (C=O) groups is 2. The minimum Gasteiger partial charge on any atom is -0.449 e. The topological polar surface area (TPSA) is 99.3 Å². The van der Waals surface area contributed by atoms with Crippen molar-refractivity contribution in [2.45, 2.75) is 86.7 Å². The molecule has 1 aliphatic heterocycles. The fourth-order valence-corrected chi connectivity index (χ4v) is 3.64. The van der Waals surface area contributed by atoms with Crippen molar-refractivity contribution >= 4 is 47.0 Å². The number of fused-ring (bicyclic) bond motifs is 1. The van der Waals surface area contributed by atoms with E-state index >= 15 is 0 Å². The summed E-state index contributed by atoms with van der Waals surface area (Å²) in [5.74, 6) is -0.202. The zero-order chi connectivity index (χ0) is 29.8. The molecule has 3 rings (SSSR count). The highest BCUT2D eigenvalue weighted by Crippen LogP contribution is 2.18. The summed E-state index contributed by atoms with van der Waals surface area (Å²) < 4.78 is 19.1. The molecule has 0 radical (unpaired) electrons. The number of alkyl carbamates (subject to hydrolysis) is 1. The number of para-hydroxylation sites is 1. The number of amides is 2. The Morgan fingerprint density at radius 3 is 2.35 bits per heavy atom. The average molecular weight is 680 g/mol. The van der Waals surface area contributed by atoms with E-state index in [1.165, 1.54) is 12.5 Å². The lowest BCUT2D eigenvalue weighted by atomic mass is 10.1. The first-order valence-electron chi connectivity index (χ1n) is 14.1. The summed E-state index contributed by atoms with van der Waals surface area (Å²) in [6.45, 7) is 23.4. The van der Waals surface area contributed by atoms with Crippen LogP contribution in [0.4, 0.5) is 9.18 Å². The van der Waals surface area contributed by atoms with Crippen molar-refractivity contribution in [1.29, 1.82) is 0 Å². The Hall–Kier alpha value is -2.63. The predicted molar refractivity (Wildman–Crippen MR) is 178 cm³/mol. The minimum atomic E-state index is -0.842. The Balaban J connectivity index is -0.000000665. The Labute approximate surface area is 260 Å². The Kier molecular flexibility index (Phi) is 22.8. The number of piperidine rings is 1. The van der Waals surface area contributed by atoms with Crippen molar-refractivity contribution in [2.75, 3.05) is 19.7 Å². The number of imidazole rings is 1. The molecular formula is C30H55FIN5O3. The second-order valence-electron chi connectivity index (χ2n) is 8.95. The van der Waals surface area contributed by atoms with Crippen molar-refractivity contribution in [2.24, 2.45) is 5.92 Å². The van der Waals surface area contributed by atoms with Crippen LogP contribution in [0.5, 0.6) is 0 Å². The number of H-pyrrole nitrogens is 1. The van der Waals surface area contributed by atoms with Crippen molar-refractivity contribution in [3.8, 4) is 0 Å². The Bertz CT molecular complexity index is 1020. The summed E-state index contributed by atoms with van der Waals surface area (Å²) in [5.41, 5.74) is 1.58. The molecule has 40 heavy (non-hydrogen) atoms. The lowest BCUT2D eigenvalue weighted by Gasteiger charge is -2.32. The molecule has 2 amide bonds. The van der Waals surface area contributed by atoms with Crippen LogP contribution in [0.15, 0.2) is 43.1 Å². The smallest absolute Gasteiger partial charge is 0.407 e. The second kappa shape index (κ2) is 23.1. The van der Waals surface area contributed by atoms with E-state index in [0.29, 0.717) is 11.3 Å². The van der Waals surface area contributed by atoms with E-state index in [-0.39, 0.29) is 63.7 Å². The fraction of sp³-hybridized carbons (Fsp3) is 0.567. The van der Waals surface area contributed by atoms with Gasteiger partial charge in [0.15, 0.2) is 5.82 Å². The first-order valence-corrected chi connectivity index (χ1v) is 14.1. The van der Waals surface area contributed by atoms with Gasteiger partial charge >= 0.3 is 6.09 Å². The highest BCUT2D eigenvalue weighted by Gasteiger charge is 2.25. The van der Waals surface area contributed by atoms with Gasteiger partial charge in [0.1, 0.15) is 17.4 Å². The van der Waals surface area contributed by atoms with Crippen molar-refractivity contribution in [3.05, 3.63) is 54.8 Å². The van der Waals surface area contributed by atoms with Crippen LogP contribution in [0.2, 0.25) is 0 Å². The number of rotatable bonds is 9. The van der Waals surface area contributed by atoms with Crippen LogP contribution in [0.3, 0.4) is 0 Å². The van der Waals surface area contributed by atoms with Crippen LogP contribution in [-0.4, -0.2) is 52.6 Å². The largest absolute Gasteiger partial charge is 0.449 e. The van der Waals surface area contributed by atoms with E-state index in [4.69, 9.17) is 4.74 Å². The van der Waals surface area contributed by atoms with Crippen LogP contribution in [0.1, 0.15) is 82.8 Å². The number of benzene rings is 1. The van der Waals surface area contributed by atoms with Gasteiger partial charge in [0, 0.05) is 28.1 Å². The molecule has 232 valence electrons. The number of likely N-dealkylation sites (tertiary alicyclic amines) is 1. The molecule has 1 aromatic carbocycles. The lowest BCUT2D eigenvalue weighted by Crippen LogP contribution is -2.48. The molecule has 1 saturated heterocycles. The van der Waals surface area contributed by atoms with Gasteiger partial charge in [-0.05, 0) is 44.2 Å². The van der Waals surface area contributed by atoms with E-state index in [1.807, 2.05) is 48.5 Å². The van der Waals surface area contributed by atoms with Gasteiger partial charge in [0.25, 0.3) is 0 Å². The van der Waals surface area contributed by atoms with Crippen LogP contribution in [0, 0.1) is 11.7 Å². The molecule has 10 heteroatoms. The highest BCUT2D eigenvalue weighted by atomic mass is 127. The standard InChI is InChI=1S/C23H32FN5O3.C3H6.2C2H6.HI.2H2/c1-15(2)14-32-23(31)27-19(12-16(3)29-10-5-4-6-11-29)22(30)25-13-20-26-18-9-7-8-17(24)21(18)28-20;1-3-2;2*1-2;;;/h7-9,15,19H,3-6,10-14H2,1-2H3,(H,25,30)(H,26,28)(H,27,31);3H,1H2,2H3;2*1-2H3;3*1H/t19-;;;;;;/m0....../s1. The third kappa shape index (κ3) is 14.7. The molecule has 1 fully saturated rings. The number of aromatic amines is 1. The summed E-state index contributed by atoms with van der Waals surface area (Å²) >= 11 is 0. The van der Waals surface area contributed by atoms with E-state index in [0.717, 1.165) is 31.6 Å². The zero-order valence-electron chi connectivity index (χ0n) is 25.4. The molecule has 0 saturated carbocycles. The minimum absolute atomic E-state index is 0. The van der Waals surface area contributed by atoms with E-state index < -0.39 is 18.0 Å². The number of nitrogens with one attached hydrogen (secondary N) is 3. The van der Waals surface area contributed by atoms with Crippen LogP contribution >= 0.6 is 24.0 Å². The molecule has 1 aromatic heterocycles. The lowest BCUT2D eigenvalue weighted by molar-refractivity contribution is -0.123. The number of aromatic nitrogens is 2. The molecule has 3 N–H and O–H groups in total. The van der Waals surface area contributed by atoms with E-state index in [9.17, 15) is 14.0 Å². The van der Waals surface area contributed by atoms with Gasteiger partial charge in [-0.3, -0.25) is 4.79 Å². The van der Waals surface area contributed by atoms with E-state index in [1.54, 1.807) is 18.2 Å². The van der Waals surface area contributed by atoms with Crippen molar-refractivity contribution in [1.82, 2.24) is 25.5 Å². The van der Waals surface area contributed by atoms with Gasteiger partial charge in [0.05, 0.1) is 18.7 Å². The normalized spacial score (nSPS) is 12.6. The van der Waals surface area contributed by atoms with Crippen LogP contribution in [0.25, 0.3) is 11.0 Å². The van der Waals surface area contributed by atoms with Gasteiger partial charge in [-0.25, -0.2) is 14.2 Å². The van der Waals surface area contributed by atoms with Crippen molar-refractivity contribution in [3.63, 3.8) is 0 Å². The highest BCUT2D eigenvalue weighted by molar-refractivity contribution is 14.0. The summed E-state index contributed by atoms with van der Waals surface area (Å²) in [6.07, 6.45) is 4.74. The maximum absolute atomic E-state index is 13.9. The molecule has 0 spiro atoms. The summed E-state index contributed by atoms with van der Waals surface area (Å²) in [4.78, 5) is 34.5. The molecular weight excluding hydrogens is 624 g/mol. The average Bonchev–Trinajstić information content (AvgIpc) is 3.38. The predicted octanol–water partition coefficient (Wildman–Crippen LogP) is 7.81. The third-order valence-electron chi connectivity index (χ3n) is 5.34. The van der Waals surface area contributed by atoms with Crippen LogP contribution in [-0.2, 0) is 16.1 Å². The summed E-state index contributed by atoms with van der Waals surface area (Å²) in [7, 11) is 0. The van der Waals surface area contributed by atoms with Crippen LogP contribution < -0.4 is 10.6 Å². The molecule has 0 aliphatic carbocycles. The fourth-order valence-electron chi connectivity index (χ4n) is 3.64. The summed E-state index contributed by atoms with van der Waals surface area (Å²) in [6, 6.07) is 3.80. The van der Waals surface area contributed by atoms with Gasteiger partial charge in [-0.1, -0.05) is 60.3 Å². The first kappa shape index (κ1) is 39.5. The molecule has 1 aliphatic rings. The molecule has 2 aromatic rings. The zero-order valence-corrected chi connectivity index (χ0v) is 27.8. The second-order valence-corrected chi connectivity index (χ2v) is 8.95. The number of ether oxygens (including phenoxy) is 1. The maximum atomic E-state index is 13.9. The third-order valence-corrected chi connectivity index (χ3v) is 5.34. The number of hydrogen-bond acceptors (Lipinski definition) is 5. The monoisotopic (exact) mass is 679 g/mol. The number of halogens is 2. The van der Waals surface area contributed by atoms with Crippen molar-refractivity contribution < 1.29 is 21.6 Å². The molecule has 0 unspecified atom stereocenters. The Morgan fingerprint density at radius 2 is 1.80 bits per heavy atom. The number of carbonyl (C=O) groups excluding carboxylic acids is 2. The summed E-state index contributed by atoms with van der Waals surface area (Å²) in [5, 5.41) is 5.44. The number of allylic oxidation sites excluding steroid dienone is 1. The molecule has 0 bridgehead atoms. The van der Waals surface area contributed by atoms with E-state index in [2.05, 4.69) is 38.7 Å². The van der Waals surface area contributed by atoms with Gasteiger partial charge < -0.3 is 25.3 Å². The number of hydrogen-bond donors (Lipinski definition) is 3. The van der Waals surface area contributed by atoms with Gasteiger partial charge in [0.2, 0.25) is 5.91 Å². The Morgan fingerprint density at radius 1 is 1.20 bits per heavy atom. The molecule has 2 heterocycles. The van der Waals surface area contributed by atoms with Gasteiger partial charge in [-0.2, -0.15) is 0 Å². The quantitative estimate of drug-likeness (QED) is 0.186. The molecule has 8 nitrogen and oxygen atoms in total. The first-order chi connectivity index (χ1) is 18.7.